The summed E-state index contributed by atoms with van der Waals surface area (Å²) in [6.07, 6.45) is 0.766. The number of anilines is 1. The first-order valence-electron chi connectivity index (χ1n) is 12.4. The molecule has 1 atom stereocenters. The quantitative estimate of drug-likeness (QED) is 0.464. The van der Waals surface area contributed by atoms with Gasteiger partial charge in [0.1, 0.15) is 24.0 Å². The van der Waals surface area contributed by atoms with E-state index in [4.69, 9.17) is 5.10 Å². The number of hydrogen-bond acceptors (Lipinski definition) is 4. The zero-order chi connectivity index (χ0) is 26.9. The smallest absolute Gasteiger partial charge is 0.240 e. The lowest BCUT2D eigenvalue weighted by atomic mass is 9.87. The number of hydrogen-bond donors (Lipinski definition) is 1. The summed E-state index contributed by atoms with van der Waals surface area (Å²) < 4.78 is 30.7. The lowest BCUT2D eigenvalue weighted by Crippen LogP contribution is -2.42. The van der Waals surface area contributed by atoms with Crippen LogP contribution in [0.1, 0.15) is 61.7 Å². The number of amides is 2. The topological polar surface area (TPSA) is 67.2 Å². The van der Waals surface area contributed by atoms with E-state index in [0.29, 0.717) is 23.6 Å². The molecule has 3 aromatic rings. The zero-order valence-corrected chi connectivity index (χ0v) is 22.6. The molecule has 2 heterocycles. The van der Waals surface area contributed by atoms with E-state index in [0.717, 1.165) is 23.7 Å². The summed E-state index contributed by atoms with van der Waals surface area (Å²) in [6, 6.07) is 11.2. The molecule has 6 nitrogen and oxygen atoms in total. The number of benzene rings is 2. The molecule has 0 spiro atoms. The SMILES string of the molecule is CCCNC(=O)CN1C(=O)CS[C@H](c2ccc(F)cc2F)c2c(C(C)(C)C)nn(-c3ccccc3C)c21. The number of para-hydroxylation sites is 1. The van der Waals surface area contributed by atoms with Crippen LogP contribution >= 0.6 is 11.8 Å². The van der Waals surface area contributed by atoms with Gasteiger partial charge >= 0.3 is 0 Å². The molecule has 0 aliphatic carbocycles. The van der Waals surface area contributed by atoms with E-state index in [-0.39, 0.29) is 29.7 Å². The molecule has 9 heteroatoms. The maximum absolute atomic E-state index is 15.2. The molecule has 1 aromatic heterocycles. The van der Waals surface area contributed by atoms with Gasteiger partial charge in [-0.1, -0.05) is 52.0 Å². The minimum Gasteiger partial charge on any atom is -0.355 e. The van der Waals surface area contributed by atoms with Gasteiger partial charge in [0.05, 0.1) is 22.4 Å². The van der Waals surface area contributed by atoms with E-state index in [1.165, 1.54) is 28.8 Å². The fourth-order valence-electron chi connectivity index (χ4n) is 4.47. The molecule has 0 fully saturated rings. The number of nitrogens with one attached hydrogen (secondary N) is 1. The predicted molar refractivity (Wildman–Crippen MR) is 143 cm³/mol. The van der Waals surface area contributed by atoms with E-state index in [2.05, 4.69) is 5.32 Å². The summed E-state index contributed by atoms with van der Waals surface area (Å²) in [5, 5.41) is 7.21. The van der Waals surface area contributed by atoms with Crippen LogP contribution in [0, 0.1) is 18.6 Å². The molecular formula is C28H32F2N4O2S. The van der Waals surface area contributed by atoms with Crippen molar-refractivity contribution in [2.75, 3.05) is 23.7 Å². The van der Waals surface area contributed by atoms with E-state index in [9.17, 15) is 14.0 Å². The molecule has 0 saturated heterocycles. The first-order chi connectivity index (χ1) is 17.5. The Morgan fingerprint density at radius 1 is 1.19 bits per heavy atom. The Hall–Kier alpha value is -3.20. The van der Waals surface area contributed by atoms with Gasteiger partial charge in [0, 0.05) is 29.2 Å². The van der Waals surface area contributed by atoms with E-state index in [1.807, 2.05) is 58.9 Å². The highest BCUT2D eigenvalue weighted by Gasteiger charge is 2.40. The third-order valence-corrected chi connectivity index (χ3v) is 7.50. The molecule has 196 valence electrons. The zero-order valence-electron chi connectivity index (χ0n) is 21.8. The Bertz CT molecular complexity index is 1330. The van der Waals surface area contributed by atoms with Crippen LogP contribution in [0.25, 0.3) is 5.69 Å². The first kappa shape index (κ1) is 26.9. The molecule has 0 bridgehead atoms. The maximum Gasteiger partial charge on any atom is 0.240 e. The second kappa shape index (κ2) is 10.7. The standard InChI is InChI=1S/C28H32F2N4O2S/c1-6-13-31-22(35)15-33-23(36)16-37-25(19-12-11-18(29)14-20(19)30)24-26(28(3,4)5)32-34(27(24)33)21-10-8-7-9-17(21)2/h7-12,14,25H,6,13,15-16H2,1-5H3,(H,31,35)/t25-/m1/s1. The molecule has 2 aromatic carbocycles. The third kappa shape index (κ3) is 5.42. The van der Waals surface area contributed by atoms with Crippen molar-refractivity contribution in [2.45, 2.75) is 51.7 Å². The molecule has 0 unspecified atom stereocenters. The van der Waals surface area contributed by atoms with Gasteiger partial charge in [-0.3, -0.25) is 14.5 Å². The molecule has 1 aliphatic rings. The number of aromatic nitrogens is 2. The average Bonchev–Trinajstić information content (AvgIpc) is 3.17. The number of aryl methyl sites for hydroxylation is 1. The van der Waals surface area contributed by atoms with Crippen LogP contribution in [-0.2, 0) is 15.0 Å². The van der Waals surface area contributed by atoms with Gasteiger partial charge in [0.25, 0.3) is 0 Å². The van der Waals surface area contributed by atoms with Gasteiger partial charge in [-0.15, -0.1) is 11.8 Å². The first-order valence-corrected chi connectivity index (χ1v) is 13.4. The molecular weight excluding hydrogens is 494 g/mol. The number of nitrogens with zero attached hydrogens (tertiary/aromatic N) is 3. The number of carbonyl (C=O) groups is 2. The fourth-order valence-corrected chi connectivity index (χ4v) is 5.69. The summed E-state index contributed by atoms with van der Waals surface area (Å²) in [6.45, 7) is 10.2. The predicted octanol–water partition coefficient (Wildman–Crippen LogP) is 5.45. The van der Waals surface area contributed by atoms with Gasteiger partial charge in [0.15, 0.2) is 0 Å². The van der Waals surface area contributed by atoms with E-state index < -0.39 is 22.3 Å². The Kier molecular flexibility index (Phi) is 7.73. The van der Waals surface area contributed by atoms with Crippen LogP contribution in [0.3, 0.4) is 0 Å². The monoisotopic (exact) mass is 526 g/mol. The highest BCUT2D eigenvalue weighted by molar-refractivity contribution is 8.00. The second-order valence-electron chi connectivity index (χ2n) is 10.2. The Balaban J connectivity index is 2.03. The molecule has 37 heavy (non-hydrogen) atoms. The molecule has 1 aliphatic heterocycles. The lowest BCUT2D eigenvalue weighted by Gasteiger charge is -2.25. The minimum atomic E-state index is -0.687. The molecule has 0 radical (unpaired) electrons. The van der Waals surface area contributed by atoms with Crippen molar-refractivity contribution in [1.29, 1.82) is 0 Å². The normalized spacial score (nSPS) is 15.9. The van der Waals surface area contributed by atoms with Gasteiger partial charge < -0.3 is 5.32 Å². The number of rotatable bonds is 6. The van der Waals surface area contributed by atoms with Crippen LogP contribution in [0.2, 0.25) is 0 Å². The van der Waals surface area contributed by atoms with Crippen molar-refractivity contribution < 1.29 is 18.4 Å². The van der Waals surface area contributed by atoms with E-state index >= 15 is 4.39 Å². The van der Waals surface area contributed by atoms with Crippen molar-refractivity contribution >= 4 is 29.4 Å². The maximum atomic E-state index is 15.2. The summed E-state index contributed by atoms with van der Waals surface area (Å²) in [4.78, 5) is 27.9. The minimum absolute atomic E-state index is 0.0224. The average molecular weight is 527 g/mol. The highest BCUT2D eigenvalue weighted by Crippen LogP contribution is 2.49. The van der Waals surface area contributed by atoms with Crippen LogP contribution < -0.4 is 10.2 Å². The van der Waals surface area contributed by atoms with Crippen molar-refractivity contribution in [2.24, 2.45) is 0 Å². The Morgan fingerprint density at radius 3 is 2.57 bits per heavy atom. The Morgan fingerprint density at radius 2 is 1.92 bits per heavy atom. The van der Waals surface area contributed by atoms with Crippen LogP contribution in [0.4, 0.5) is 14.6 Å². The highest BCUT2D eigenvalue weighted by atomic mass is 32.2. The van der Waals surface area contributed by atoms with Gasteiger partial charge in [-0.25, -0.2) is 13.5 Å². The number of fused-ring (bicyclic) bond motifs is 1. The summed E-state index contributed by atoms with van der Waals surface area (Å²) >= 11 is 1.26. The third-order valence-electron chi connectivity index (χ3n) is 6.26. The van der Waals surface area contributed by atoms with Gasteiger partial charge in [0.2, 0.25) is 11.8 Å². The Labute approximate surface area is 220 Å². The van der Waals surface area contributed by atoms with Crippen molar-refractivity contribution in [3.8, 4) is 5.69 Å². The van der Waals surface area contributed by atoms with Crippen molar-refractivity contribution in [3.63, 3.8) is 0 Å². The molecule has 1 N–H and O–H groups in total. The number of carbonyl (C=O) groups excluding carboxylic acids is 2. The lowest BCUT2D eigenvalue weighted by molar-refractivity contribution is -0.122. The van der Waals surface area contributed by atoms with Gasteiger partial charge in [-0.2, -0.15) is 5.10 Å². The fraction of sp³-hybridized carbons (Fsp3) is 0.393. The van der Waals surface area contributed by atoms with Gasteiger partial charge in [-0.05, 0) is 31.0 Å². The summed E-state index contributed by atoms with van der Waals surface area (Å²) in [7, 11) is 0. The molecule has 2 amide bonds. The second-order valence-corrected chi connectivity index (χ2v) is 11.3. The summed E-state index contributed by atoms with van der Waals surface area (Å²) in [5.74, 6) is -1.46. The van der Waals surface area contributed by atoms with Crippen molar-refractivity contribution in [1.82, 2.24) is 15.1 Å². The largest absolute Gasteiger partial charge is 0.355 e. The summed E-state index contributed by atoms with van der Waals surface area (Å²) in [5.41, 5.74) is 2.81. The number of halogens is 2. The van der Waals surface area contributed by atoms with Crippen LogP contribution in [-0.4, -0.2) is 40.4 Å². The van der Waals surface area contributed by atoms with Crippen molar-refractivity contribution in [3.05, 3.63) is 76.5 Å². The molecule has 4 rings (SSSR count). The molecule has 0 saturated carbocycles. The number of thioether (sulfide) groups is 1. The van der Waals surface area contributed by atoms with E-state index in [1.54, 1.807) is 4.68 Å². The van der Waals surface area contributed by atoms with Crippen LogP contribution in [0.5, 0.6) is 0 Å². The van der Waals surface area contributed by atoms with Crippen LogP contribution in [0.15, 0.2) is 42.5 Å².